The average Bonchev–Trinajstić information content (AvgIpc) is 2.35. The lowest BCUT2D eigenvalue weighted by Crippen LogP contribution is -2.47. The van der Waals surface area contributed by atoms with Crippen LogP contribution in [-0.4, -0.2) is 20.9 Å². The second-order valence-electron chi connectivity index (χ2n) is 8.85. The maximum Gasteiger partial charge on any atom is 0.192 e. The van der Waals surface area contributed by atoms with E-state index in [9.17, 15) is 9.90 Å². The lowest BCUT2D eigenvalue weighted by Gasteiger charge is -2.46. The highest BCUT2D eigenvalue weighted by molar-refractivity contribution is 6.74. The molecule has 0 bridgehead atoms. The summed E-state index contributed by atoms with van der Waals surface area (Å²) < 4.78 is 5.80. The molecule has 22 heavy (non-hydrogen) atoms. The van der Waals surface area contributed by atoms with E-state index < -0.39 is 14.3 Å². The zero-order valence-electron chi connectivity index (χ0n) is 15.6. The quantitative estimate of drug-likeness (QED) is 0.668. The molecule has 1 aliphatic rings. The normalized spacial score (nSPS) is 27.2. The van der Waals surface area contributed by atoms with Crippen LogP contribution in [0.25, 0.3) is 0 Å². The molecule has 0 aromatic heterocycles. The van der Waals surface area contributed by atoms with Crippen molar-refractivity contribution in [3.8, 4) is 0 Å². The Morgan fingerprint density at radius 3 is 2.41 bits per heavy atom. The third-order valence-electron chi connectivity index (χ3n) is 6.11. The van der Waals surface area contributed by atoms with Gasteiger partial charge in [0.2, 0.25) is 0 Å². The van der Waals surface area contributed by atoms with Gasteiger partial charge >= 0.3 is 0 Å². The van der Waals surface area contributed by atoms with Crippen LogP contribution in [0.15, 0.2) is 0 Å². The van der Waals surface area contributed by atoms with Crippen LogP contribution in [0.4, 0.5) is 0 Å². The molecule has 0 aliphatic heterocycles. The molecule has 3 nitrogen and oxygen atoms in total. The zero-order valence-corrected chi connectivity index (χ0v) is 16.6. The number of rotatable bonds is 7. The summed E-state index contributed by atoms with van der Waals surface area (Å²) >= 11 is 0. The van der Waals surface area contributed by atoms with E-state index in [1.54, 1.807) is 0 Å². The van der Waals surface area contributed by atoms with Crippen LogP contribution in [0.5, 0.6) is 0 Å². The van der Waals surface area contributed by atoms with E-state index in [1.807, 2.05) is 0 Å². The summed E-state index contributed by atoms with van der Waals surface area (Å²) in [5.74, 6) is 1.95. The van der Waals surface area contributed by atoms with Crippen molar-refractivity contribution in [1.82, 2.24) is 0 Å². The summed E-state index contributed by atoms with van der Waals surface area (Å²) in [6.07, 6.45) is 5.13. The van der Waals surface area contributed by atoms with E-state index in [0.717, 1.165) is 30.1 Å². The standard InChI is InChI=1S/C18H36O3Si/c1-13(2)16-9-8-14(3)10-15(16)11-18(4,5)22(6,7)21-12-17(19)20/h13-16H,8-12H2,1-7H3,(H,19,20)/p-1. The molecule has 0 aromatic carbocycles. The number of carbonyl (C=O) groups is 1. The zero-order chi connectivity index (χ0) is 17.1. The largest absolute Gasteiger partial charge is 0.548 e. The van der Waals surface area contributed by atoms with Gasteiger partial charge in [-0.05, 0) is 61.1 Å². The fourth-order valence-electron chi connectivity index (χ4n) is 3.97. The lowest BCUT2D eigenvalue weighted by molar-refractivity contribution is -0.307. The molecule has 0 amide bonds. The Bertz CT molecular complexity index is 377. The van der Waals surface area contributed by atoms with Crippen LogP contribution in [0.3, 0.4) is 0 Å². The highest BCUT2D eigenvalue weighted by Gasteiger charge is 2.44. The Labute approximate surface area is 138 Å². The first-order valence-electron chi connectivity index (χ1n) is 8.80. The van der Waals surface area contributed by atoms with Gasteiger partial charge in [0.15, 0.2) is 8.32 Å². The minimum Gasteiger partial charge on any atom is -0.548 e. The summed E-state index contributed by atoms with van der Waals surface area (Å²) in [7, 11) is -2.08. The van der Waals surface area contributed by atoms with Crippen molar-refractivity contribution < 1.29 is 14.3 Å². The van der Waals surface area contributed by atoms with Crippen molar-refractivity contribution >= 4 is 14.3 Å². The van der Waals surface area contributed by atoms with E-state index >= 15 is 0 Å². The molecule has 4 heteroatoms. The van der Waals surface area contributed by atoms with Crippen molar-refractivity contribution in [2.75, 3.05) is 6.61 Å². The molecule has 0 saturated heterocycles. The van der Waals surface area contributed by atoms with Gasteiger partial charge in [0.05, 0.1) is 12.6 Å². The maximum atomic E-state index is 10.7. The second kappa shape index (κ2) is 7.48. The van der Waals surface area contributed by atoms with Crippen molar-refractivity contribution in [3.63, 3.8) is 0 Å². The van der Waals surface area contributed by atoms with E-state index in [4.69, 9.17) is 4.43 Å². The molecule has 0 aromatic rings. The fraction of sp³-hybridized carbons (Fsp3) is 0.944. The maximum absolute atomic E-state index is 10.7. The molecule has 0 spiro atoms. The van der Waals surface area contributed by atoms with Crippen LogP contribution in [-0.2, 0) is 9.22 Å². The molecule has 1 aliphatic carbocycles. The Morgan fingerprint density at radius 2 is 1.91 bits per heavy atom. The predicted molar refractivity (Wildman–Crippen MR) is 91.9 cm³/mol. The predicted octanol–water partition coefficient (Wildman–Crippen LogP) is 3.84. The van der Waals surface area contributed by atoms with E-state index in [-0.39, 0.29) is 11.6 Å². The monoisotopic (exact) mass is 327 g/mol. The number of aliphatic carboxylic acids is 1. The number of carbonyl (C=O) groups excluding carboxylic acids is 1. The van der Waals surface area contributed by atoms with E-state index in [1.165, 1.54) is 19.3 Å². The van der Waals surface area contributed by atoms with Crippen LogP contribution >= 0.6 is 0 Å². The van der Waals surface area contributed by atoms with Crippen LogP contribution < -0.4 is 5.11 Å². The summed E-state index contributed by atoms with van der Waals surface area (Å²) in [5.41, 5.74) is 0. The highest BCUT2D eigenvalue weighted by Crippen LogP contribution is 2.50. The van der Waals surface area contributed by atoms with Gasteiger partial charge in [-0.2, -0.15) is 0 Å². The van der Waals surface area contributed by atoms with Crippen LogP contribution in [0.1, 0.15) is 60.3 Å². The SMILES string of the molecule is CC1CCC(C(C)C)C(CC(C)(C)[Si](C)(C)OCC(=O)[O-])C1. The van der Waals surface area contributed by atoms with Gasteiger partial charge < -0.3 is 14.3 Å². The van der Waals surface area contributed by atoms with E-state index in [2.05, 4.69) is 47.7 Å². The van der Waals surface area contributed by atoms with Crippen molar-refractivity contribution in [2.45, 2.75) is 78.4 Å². The molecule has 1 rings (SSSR count). The third kappa shape index (κ3) is 5.09. The van der Waals surface area contributed by atoms with Gasteiger partial charge in [0, 0.05) is 0 Å². The lowest BCUT2D eigenvalue weighted by atomic mass is 9.67. The number of hydrogen-bond donors (Lipinski definition) is 0. The van der Waals surface area contributed by atoms with Gasteiger partial charge in [-0.25, -0.2) is 0 Å². The van der Waals surface area contributed by atoms with Gasteiger partial charge in [-0.15, -0.1) is 0 Å². The first-order chi connectivity index (χ1) is 9.96. The second-order valence-corrected chi connectivity index (χ2v) is 13.5. The third-order valence-corrected chi connectivity index (χ3v) is 10.4. The minimum absolute atomic E-state index is 0.0668. The Balaban J connectivity index is 2.80. The summed E-state index contributed by atoms with van der Waals surface area (Å²) in [6.45, 7) is 15.6. The smallest absolute Gasteiger partial charge is 0.192 e. The van der Waals surface area contributed by atoms with Gasteiger partial charge in [-0.1, -0.05) is 41.0 Å². The van der Waals surface area contributed by atoms with Crippen molar-refractivity contribution in [3.05, 3.63) is 0 Å². The molecule has 0 radical (unpaired) electrons. The number of hydrogen-bond acceptors (Lipinski definition) is 3. The van der Waals surface area contributed by atoms with Crippen molar-refractivity contribution in [2.24, 2.45) is 23.7 Å². The van der Waals surface area contributed by atoms with Crippen molar-refractivity contribution in [1.29, 1.82) is 0 Å². The van der Waals surface area contributed by atoms with Gasteiger partial charge in [0.25, 0.3) is 0 Å². The molecule has 1 saturated carbocycles. The fourth-order valence-corrected chi connectivity index (χ4v) is 5.59. The van der Waals surface area contributed by atoms with Crippen LogP contribution in [0.2, 0.25) is 18.1 Å². The molecule has 0 heterocycles. The number of carboxylic acid groups (broad SMARTS) is 1. The summed E-state index contributed by atoms with van der Waals surface area (Å²) in [4.78, 5) is 10.7. The molecule has 3 unspecified atom stereocenters. The molecule has 3 atom stereocenters. The molecular weight excluding hydrogens is 292 g/mol. The Morgan fingerprint density at radius 1 is 1.32 bits per heavy atom. The Kier molecular flexibility index (Phi) is 6.69. The first kappa shape index (κ1) is 19.7. The summed E-state index contributed by atoms with van der Waals surface area (Å²) in [5, 5.41) is 10.8. The molecule has 1 fully saturated rings. The molecule has 0 N–H and O–H groups in total. The average molecular weight is 328 g/mol. The molecular formula is C18H35O3Si-. The Hall–Kier alpha value is -0.353. The van der Waals surface area contributed by atoms with E-state index in [0.29, 0.717) is 0 Å². The van der Waals surface area contributed by atoms with Gasteiger partial charge in [-0.3, -0.25) is 0 Å². The minimum atomic E-state index is -2.08. The number of carboxylic acids is 1. The topological polar surface area (TPSA) is 49.4 Å². The van der Waals surface area contributed by atoms with Crippen LogP contribution in [0, 0.1) is 23.7 Å². The molecule has 130 valence electrons. The first-order valence-corrected chi connectivity index (χ1v) is 11.7. The van der Waals surface area contributed by atoms with Gasteiger partial charge in [0.1, 0.15) is 0 Å². The highest BCUT2D eigenvalue weighted by atomic mass is 28.4. The summed E-state index contributed by atoms with van der Waals surface area (Å²) in [6, 6.07) is 0.